The Morgan fingerprint density at radius 3 is 2.85 bits per heavy atom. The Morgan fingerprint density at radius 1 is 1.22 bits per heavy atom. The number of fused-ring (bicyclic) bond motifs is 1. The second-order valence-corrected chi connectivity index (χ2v) is 7.16. The van der Waals surface area contributed by atoms with Crippen molar-refractivity contribution >= 4 is 50.6 Å². The molecule has 0 spiro atoms. The van der Waals surface area contributed by atoms with E-state index in [1.165, 1.54) is 11.3 Å². The summed E-state index contributed by atoms with van der Waals surface area (Å²) in [6, 6.07) is 14.7. The van der Waals surface area contributed by atoms with Gasteiger partial charge in [-0.15, -0.1) is 11.3 Å². The van der Waals surface area contributed by atoms with Gasteiger partial charge < -0.3 is 4.42 Å². The normalized spacial score (nSPS) is 11.7. The fraction of sp³-hybridized carbons (Fsp3) is 0.0500. The Morgan fingerprint density at radius 2 is 2.07 bits per heavy atom. The van der Waals surface area contributed by atoms with Gasteiger partial charge in [0.2, 0.25) is 5.55 Å². The van der Waals surface area contributed by atoms with Crippen molar-refractivity contribution in [3.8, 4) is 0 Å². The van der Waals surface area contributed by atoms with E-state index in [2.05, 4.69) is 15.3 Å². The molecule has 4 aromatic rings. The Hall–Kier alpha value is -2.96. The molecule has 27 heavy (non-hydrogen) atoms. The van der Waals surface area contributed by atoms with Gasteiger partial charge in [0.15, 0.2) is 5.13 Å². The Labute approximate surface area is 164 Å². The van der Waals surface area contributed by atoms with E-state index in [1.54, 1.807) is 23.7 Å². The summed E-state index contributed by atoms with van der Waals surface area (Å²) in [5.41, 5.74) is 2.68. The fourth-order valence-corrected chi connectivity index (χ4v) is 3.38. The van der Waals surface area contributed by atoms with Crippen LogP contribution in [0, 0.1) is 6.92 Å². The zero-order valence-corrected chi connectivity index (χ0v) is 15.8. The van der Waals surface area contributed by atoms with Crippen molar-refractivity contribution < 1.29 is 9.21 Å². The van der Waals surface area contributed by atoms with Gasteiger partial charge in [0, 0.05) is 17.0 Å². The highest BCUT2D eigenvalue weighted by Crippen LogP contribution is 2.25. The maximum Gasteiger partial charge on any atom is 0.262 e. The lowest BCUT2D eigenvalue weighted by molar-refractivity contribution is 0.102. The van der Waals surface area contributed by atoms with E-state index >= 15 is 0 Å². The van der Waals surface area contributed by atoms with Crippen LogP contribution in [0.2, 0.25) is 5.02 Å². The largest absolute Gasteiger partial charge is 0.438 e. The molecule has 1 N–H and O–H groups in total. The van der Waals surface area contributed by atoms with Crippen molar-refractivity contribution in [2.45, 2.75) is 6.92 Å². The van der Waals surface area contributed by atoms with E-state index in [9.17, 15) is 4.79 Å². The van der Waals surface area contributed by atoms with Gasteiger partial charge in [-0.1, -0.05) is 35.9 Å². The van der Waals surface area contributed by atoms with Gasteiger partial charge in [-0.05, 0) is 36.8 Å². The topological polar surface area (TPSA) is 67.5 Å². The molecule has 0 unspecified atom stereocenters. The highest BCUT2D eigenvalue weighted by Gasteiger charge is 2.14. The Bertz CT molecular complexity index is 1200. The summed E-state index contributed by atoms with van der Waals surface area (Å²) in [5.74, 6) is -0.346. The van der Waals surface area contributed by atoms with Crippen LogP contribution in [0.15, 0.2) is 69.5 Å². The minimum atomic E-state index is -0.346. The first-order chi connectivity index (χ1) is 13.1. The van der Waals surface area contributed by atoms with Crippen LogP contribution in [0.1, 0.15) is 15.9 Å². The smallest absolute Gasteiger partial charge is 0.262 e. The molecule has 1 amide bonds. The molecule has 0 atom stereocenters. The van der Waals surface area contributed by atoms with Crippen molar-refractivity contribution in [1.82, 2.24) is 4.98 Å². The summed E-state index contributed by atoms with van der Waals surface area (Å²) in [4.78, 5) is 21.4. The number of halogens is 1. The van der Waals surface area contributed by atoms with E-state index in [0.29, 0.717) is 27.0 Å². The van der Waals surface area contributed by atoms with Gasteiger partial charge in [0.25, 0.3) is 5.91 Å². The molecule has 7 heteroatoms. The first-order valence-corrected chi connectivity index (χ1v) is 9.40. The van der Waals surface area contributed by atoms with Gasteiger partial charge >= 0.3 is 0 Å². The Balaban J connectivity index is 1.89. The first-order valence-electron chi connectivity index (χ1n) is 8.15. The van der Waals surface area contributed by atoms with Gasteiger partial charge in [-0.3, -0.25) is 10.1 Å². The molecule has 2 heterocycles. The number of benzene rings is 2. The van der Waals surface area contributed by atoms with E-state index < -0.39 is 0 Å². The number of nitrogens with one attached hydrogen (secondary N) is 1. The molecular formula is C20H14ClN3O2S. The van der Waals surface area contributed by atoms with Gasteiger partial charge in [-0.2, -0.15) is 0 Å². The molecule has 0 aliphatic carbocycles. The number of para-hydroxylation sites is 1. The van der Waals surface area contributed by atoms with Crippen LogP contribution in [0.4, 0.5) is 10.8 Å². The lowest BCUT2D eigenvalue weighted by Gasteiger charge is -2.05. The standard InChI is InChI=1S/C20H14ClN3O2S/c1-12-6-7-16(15(21)10-12)23-19-14(18(25)24-20-22-8-9-27-20)11-13-4-2-3-5-17(13)26-19/h2-11H,1H3,(H,22,24,25). The molecule has 0 bridgehead atoms. The Kier molecular flexibility index (Phi) is 4.75. The summed E-state index contributed by atoms with van der Waals surface area (Å²) in [6.07, 6.45) is 1.63. The second kappa shape index (κ2) is 7.34. The molecule has 2 aromatic heterocycles. The molecule has 5 nitrogen and oxygen atoms in total. The maximum atomic E-state index is 12.8. The summed E-state index contributed by atoms with van der Waals surface area (Å²) >= 11 is 7.64. The van der Waals surface area contributed by atoms with E-state index in [0.717, 1.165) is 10.9 Å². The van der Waals surface area contributed by atoms with Crippen LogP contribution >= 0.6 is 22.9 Å². The lowest BCUT2D eigenvalue weighted by atomic mass is 10.1. The lowest BCUT2D eigenvalue weighted by Crippen LogP contribution is -2.21. The summed E-state index contributed by atoms with van der Waals surface area (Å²) < 4.78 is 5.92. The molecule has 4 rings (SSSR count). The molecule has 0 fully saturated rings. The number of aryl methyl sites for hydroxylation is 1. The number of carbonyl (C=O) groups excluding carboxylic acids is 1. The maximum absolute atomic E-state index is 12.8. The highest BCUT2D eigenvalue weighted by atomic mass is 35.5. The van der Waals surface area contributed by atoms with Crippen molar-refractivity contribution in [2.24, 2.45) is 4.99 Å². The minimum absolute atomic E-state index is 0.188. The van der Waals surface area contributed by atoms with E-state index in [4.69, 9.17) is 16.0 Å². The van der Waals surface area contributed by atoms with Crippen LogP contribution in [0.3, 0.4) is 0 Å². The van der Waals surface area contributed by atoms with Crippen molar-refractivity contribution in [3.63, 3.8) is 0 Å². The number of aromatic nitrogens is 1. The average molecular weight is 396 g/mol. The summed E-state index contributed by atoms with van der Waals surface area (Å²) in [6.45, 7) is 1.95. The molecule has 0 radical (unpaired) electrons. The van der Waals surface area contributed by atoms with Gasteiger partial charge in [-0.25, -0.2) is 9.98 Å². The molecule has 0 saturated heterocycles. The monoisotopic (exact) mass is 395 g/mol. The zero-order valence-electron chi connectivity index (χ0n) is 14.3. The van der Waals surface area contributed by atoms with Crippen LogP contribution in [-0.4, -0.2) is 10.9 Å². The number of thiazole rings is 1. The van der Waals surface area contributed by atoms with Crippen molar-refractivity contribution in [3.05, 3.63) is 81.8 Å². The third kappa shape index (κ3) is 3.77. The predicted octanol–water partition coefficient (Wildman–Crippen LogP) is 5.34. The SMILES string of the molecule is Cc1ccc(N=c2oc3ccccc3cc2C(=O)Nc2nccs2)c(Cl)c1. The molecule has 134 valence electrons. The van der Waals surface area contributed by atoms with E-state index in [-0.39, 0.29) is 11.5 Å². The highest BCUT2D eigenvalue weighted by molar-refractivity contribution is 7.13. The molecule has 0 aliphatic rings. The van der Waals surface area contributed by atoms with Crippen LogP contribution < -0.4 is 10.9 Å². The van der Waals surface area contributed by atoms with Gasteiger partial charge in [0.05, 0.1) is 10.7 Å². The number of carbonyl (C=O) groups is 1. The predicted molar refractivity (Wildman–Crippen MR) is 108 cm³/mol. The quantitative estimate of drug-likeness (QED) is 0.509. The van der Waals surface area contributed by atoms with Crippen LogP contribution in [0.25, 0.3) is 11.0 Å². The van der Waals surface area contributed by atoms with Crippen molar-refractivity contribution in [2.75, 3.05) is 5.32 Å². The number of anilines is 1. The number of rotatable bonds is 3. The number of hydrogen-bond donors (Lipinski definition) is 1. The van der Waals surface area contributed by atoms with Crippen LogP contribution in [0.5, 0.6) is 0 Å². The number of nitrogens with zero attached hydrogens (tertiary/aromatic N) is 2. The molecular weight excluding hydrogens is 382 g/mol. The molecule has 0 aliphatic heterocycles. The third-order valence-corrected chi connectivity index (χ3v) is 4.87. The van der Waals surface area contributed by atoms with Crippen LogP contribution in [-0.2, 0) is 0 Å². The number of amides is 1. The summed E-state index contributed by atoms with van der Waals surface area (Å²) in [5, 5.41) is 6.36. The van der Waals surface area contributed by atoms with Gasteiger partial charge in [0.1, 0.15) is 11.1 Å². The molecule has 2 aromatic carbocycles. The second-order valence-electron chi connectivity index (χ2n) is 5.86. The number of hydrogen-bond acceptors (Lipinski definition) is 5. The van der Waals surface area contributed by atoms with E-state index in [1.807, 2.05) is 43.3 Å². The average Bonchev–Trinajstić information content (AvgIpc) is 3.16. The minimum Gasteiger partial charge on any atom is -0.438 e. The zero-order chi connectivity index (χ0) is 18.8. The first kappa shape index (κ1) is 17.5. The summed E-state index contributed by atoms with van der Waals surface area (Å²) in [7, 11) is 0. The van der Waals surface area contributed by atoms with Crippen molar-refractivity contribution in [1.29, 1.82) is 0 Å². The molecule has 0 saturated carbocycles. The third-order valence-electron chi connectivity index (χ3n) is 3.88. The fourth-order valence-electron chi connectivity index (χ4n) is 2.58.